The Morgan fingerprint density at radius 1 is 0.400 bits per heavy atom. The Labute approximate surface area is 421 Å². The van der Waals surface area contributed by atoms with Gasteiger partial charge in [0.1, 0.15) is 0 Å². The Balaban J connectivity index is 1.09. The molecule has 0 N–H and O–H groups in total. The summed E-state index contributed by atoms with van der Waals surface area (Å²) in [5.74, 6) is 0.586. The zero-order valence-electron chi connectivity index (χ0n) is 45.1. The molecule has 3 aliphatic rings. The van der Waals surface area contributed by atoms with Crippen LogP contribution >= 0.6 is 0 Å². The number of fused-ring (bicyclic) bond motifs is 8. The average molecular weight is 921 g/mol. The molecular formula is C68H76N2. The summed E-state index contributed by atoms with van der Waals surface area (Å²) in [6, 6.07) is 56.2. The number of anilines is 6. The van der Waals surface area contributed by atoms with Crippen LogP contribution in [0.2, 0.25) is 0 Å². The fourth-order valence-electron chi connectivity index (χ4n) is 11.9. The van der Waals surface area contributed by atoms with Crippen LogP contribution in [0.3, 0.4) is 0 Å². The van der Waals surface area contributed by atoms with Crippen LogP contribution in [0.15, 0.2) is 163 Å². The highest BCUT2D eigenvalue weighted by molar-refractivity contribution is 6.10. The van der Waals surface area contributed by atoms with E-state index in [9.17, 15) is 0 Å². The second-order valence-corrected chi connectivity index (χ2v) is 26.1. The molecule has 2 unspecified atom stereocenters. The second-order valence-electron chi connectivity index (χ2n) is 26.1. The largest absolute Gasteiger partial charge is 0.310 e. The first-order valence-corrected chi connectivity index (χ1v) is 25.9. The lowest BCUT2D eigenvalue weighted by molar-refractivity contribution is 0.393. The minimum absolute atomic E-state index is 0.0631. The summed E-state index contributed by atoms with van der Waals surface area (Å²) in [4.78, 5) is 4.97. The molecule has 0 heterocycles. The van der Waals surface area contributed by atoms with Gasteiger partial charge in [0.15, 0.2) is 0 Å². The summed E-state index contributed by atoms with van der Waals surface area (Å²) in [7, 11) is 0. The van der Waals surface area contributed by atoms with Crippen molar-refractivity contribution in [2.24, 2.45) is 5.92 Å². The van der Waals surface area contributed by atoms with Gasteiger partial charge >= 0.3 is 0 Å². The van der Waals surface area contributed by atoms with Gasteiger partial charge in [-0.2, -0.15) is 0 Å². The number of hydrogen-bond donors (Lipinski definition) is 0. The molecule has 358 valence electrons. The van der Waals surface area contributed by atoms with Crippen LogP contribution in [-0.4, -0.2) is 0 Å². The number of rotatable bonds is 6. The molecular weight excluding hydrogens is 845 g/mol. The standard InChI is InChI=1S/C68H76N2/c1-63(2,3)43-21-29-47(30-22-43)69(48-31-23-44(24-32-48)64(4,5)6)51-37-38-52-55-40-59-56(41-58(55)67(13,14)57(52)39-51)62-54-20-18-17-19-53(54)61(42-60(62)68(59,15)16)70(49-33-25-45(26-34-49)65(7,8)9)50-35-27-46(28-36-50)66(10,11)12/h17-42,55,58H,1-16H3. The van der Waals surface area contributed by atoms with E-state index in [2.05, 4.69) is 278 Å². The smallest absolute Gasteiger partial charge is 0.0543 e. The Kier molecular flexibility index (Phi) is 11.0. The van der Waals surface area contributed by atoms with Gasteiger partial charge in [-0.05, 0) is 161 Å². The molecule has 0 amide bonds. The van der Waals surface area contributed by atoms with Gasteiger partial charge in [0, 0.05) is 45.2 Å². The SMILES string of the molecule is CC(C)(C)c1ccc(N(c2ccc(C(C)(C)C)cc2)c2ccc3c(c2)C(C)(C)C2C=C4C(=CC32)C(C)(C)c2cc(N(c3ccc(C(C)(C)C)cc3)c3ccc(C(C)(C)C)cc3)c3ccccc3c24)cc1. The van der Waals surface area contributed by atoms with E-state index in [0.717, 1.165) is 0 Å². The van der Waals surface area contributed by atoms with Crippen LogP contribution in [0, 0.1) is 5.92 Å². The van der Waals surface area contributed by atoms with Crippen LogP contribution in [-0.2, 0) is 32.5 Å². The van der Waals surface area contributed by atoms with E-state index < -0.39 is 0 Å². The summed E-state index contributed by atoms with van der Waals surface area (Å²) in [6.45, 7) is 37.5. The normalized spacial score (nSPS) is 18.1. The van der Waals surface area contributed by atoms with Gasteiger partial charge in [-0.3, -0.25) is 0 Å². The van der Waals surface area contributed by atoms with Crippen molar-refractivity contribution >= 4 is 50.5 Å². The lowest BCUT2D eigenvalue weighted by atomic mass is 9.70. The van der Waals surface area contributed by atoms with E-state index in [1.54, 1.807) is 0 Å². The molecule has 0 radical (unpaired) electrons. The number of benzene rings is 7. The summed E-state index contributed by atoms with van der Waals surface area (Å²) >= 11 is 0. The highest BCUT2D eigenvalue weighted by Crippen LogP contribution is 2.63. The predicted octanol–water partition coefficient (Wildman–Crippen LogP) is 19.3. The molecule has 2 heteroatoms. The van der Waals surface area contributed by atoms with Crippen molar-refractivity contribution in [1.82, 2.24) is 0 Å². The zero-order chi connectivity index (χ0) is 50.1. The van der Waals surface area contributed by atoms with Crippen molar-refractivity contribution in [3.8, 4) is 0 Å². The topological polar surface area (TPSA) is 6.48 Å². The number of hydrogen-bond acceptors (Lipinski definition) is 2. The third-order valence-corrected chi connectivity index (χ3v) is 16.4. The Morgan fingerprint density at radius 3 is 1.23 bits per heavy atom. The molecule has 10 rings (SSSR count). The van der Waals surface area contributed by atoms with Gasteiger partial charge in [0.25, 0.3) is 0 Å². The molecule has 0 spiro atoms. The van der Waals surface area contributed by atoms with Gasteiger partial charge in [-0.1, -0.05) is 202 Å². The fourth-order valence-corrected chi connectivity index (χ4v) is 11.9. The van der Waals surface area contributed by atoms with E-state index in [-0.39, 0.29) is 38.4 Å². The van der Waals surface area contributed by atoms with E-state index in [1.807, 2.05) is 0 Å². The highest BCUT2D eigenvalue weighted by Gasteiger charge is 2.50. The predicted molar refractivity (Wildman–Crippen MR) is 303 cm³/mol. The second kappa shape index (κ2) is 16.2. The maximum absolute atomic E-state index is 2.70. The van der Waals surface area contributed by atoms with Crippen molar-refractivity contribution in [3.05, 3.63) is 208 Å². The third kappa shape index (κ3) is 7.95. The van der Waals surface area contributed by atoms with Gasteiger partial charge in [0.05, 0.1) is 5.69 Å². The average Bonchev–Trinajstić information content (AvgIpc) is 3.66. The summed E-state index contributed by atoms with van der Waals surface area (Å²) in [5, 5.41) is 2.59. The van der Waals surface area contributed by atoms with Crippen LogP contribution in [0.1, 0.15) is 161 Å². The maximum Gasteiger partial charge on any atom is 0.0543 e. The molecule has 70 heavy (non-hydrogen) atoms. The highest BCUT2D eigenvalue weighted by atomic mass is 15.1. The Bertz CT molecular complexity index is 3080. The van der Waals surface area contributed by atoms with Crippen molar-refractivity contribution in [2.75, 3.05) is 9.80 Å². The monoisotopic (exact) mass is 921 g/mol. The van der Waals surface area contributed by atoms with Gasteiger partial charge in [0.2, 0.25) is 0 Å². The number of nitrogens with zero attached hydrogens (tertiary/aromatic N) is 2. The molecule has 0 saturated carbocycles. The first kappa shape index (κ1) is 47.6. The minimum atomic E-state index is -0.217. The van der Waals surface area contributed by atoms with Crippen molar-refractivity contribution < 1.29 is 0 Å². The molecule has 0 aromatic heterocycles. The Morgan fingerprint density at radius 2 is 0.800 bits per heavy atom. The van der Waals surface area contributed by atoms with E-state index in [1.165, 1.54) is 101 Å². The molecule has 2 atom stereocenters. The molecule has 0 fully saturated rings. The quantitative estimate of drug-likeness (QED) is 0.164. The van der Waals surface area contributed by atoms with Crippen LogP contribution in [0.4, 0.5) is 34.1 Å². The molecule has 0 bridgehead atoms. The van der Waals surface area contributed by atoms with Gasteiger partial charge < -0.3 is 9.80 Å². The van der Waals surface area contributed by atoms with Gasteiger partial charge in [-0.15, -0.1) is 0 Å². The Hall–Kier alpha value is -6.12. The summed E-state index contributed by atoms with van der Waals surface area (Å²) in [6.07, 6.45) is 5.38. The van der Waals surface area contributed by atoms with Crippen molar-refractivity contribution in [2.45, 2.75) is 149 Å². The first-order chi connectivity index (χ1) is 32.7. The molecule has 3 aliphatic carbocycles. The summed E-state index contributed by atoms with van der Waals surface area (Å²) < 4.78 is 0. The third-order valence-electron chi connectivity index (χ3n) is 16.4. The maximum atomic E-state index is 2.70. The molecule has 7 aromatic rings. The zero-order valence-corrected chi connectivity index (χ0v) is 45.1. The lowest BCUT2D eigenvalue weighted by Gasteiger charge is -2.34. The van der Waals surface area contributed by atoms with Crippen LogP contribution in [0.25, 0.3) is 16.3 Å². The van der Waals surface area contributed by atoms with E-state index in [0.29, 0.717) is 5.92 Å². The fraction of sp³-hybridized carbons (Fsp3) is 0.353. The molecule has 7 aromatic carbocycles. The van der Waals surface area contributed by atoms with E-state index in [4.69, 9.17) is 0 Å². The molecule has 0 saturated heterocycles. The van der Waals surface area contributed by atoms with Crippen LogP contribution in [0.5, 0.6) is 0 Å². The van der Waals surface area contributed by atoms with Crippen LogP contribution < -0.4 is 9.80 Å². The van der Waals surface area contributed by atoms with Crippen molar-refractivity contribution in [3.63, 3.8) is 0 Å². The first-order valence-electron chi connectivity index (χ1n) is 25.9. The van der Waals surface area contributed by atoms with Crippen molar-refractivity contribution in [1.29, 1.82) is 0 Å². The minimum Gasteiger partial charge on any atom is -0.310 e. The molecule has 2 nitrogen and oxygen atoms in total. The molecule has 0 aliphatic heterocycles. The number of allylic oxidation sites excluding steroid dienone is 4. The van der Waals surface area contributed by atoms with E-state index >= 15 is 0 Å². The lowest BCUT2D eigenvalue weighted by Crippen LogP contribution is -2.27. The van der Waals surface area contributed by atoms with Gasteiger partial charge in [-0.25, -0.2) is 0 Å². The summed E-state index contributed by atoms with van der Waals surface area (Å²) in [5.41, 5.74) is 21.0.